The maximum absolute atomic E-state index is 12.4. The third kappa shape index (κ3) is 8.14. The quantitative estimate of drug-likeness (QED) is 0.0806. The average Bonchev–Trinajstić information content (AvgIpc) is 2.95. The number of ether oxygens (including phenoxy) is 5. The lowest BCUT2D eigenvalue weighted by Gasteiger charge is -2.28. The minimum Gasteiger partial charge on any atom is -0.493 e. The Morgan fingerprint density at radius 3 is 2.61 bits per heavy atom. The molecule has 1 aliphatic heterocycles. The molecular formula is C28H33BrN4O8. The number of hydrogen-bond donors (Lipinski definition) is 4. The van der Waals surface area contributed by atoms with Gasteiger partial charge in [0.1, 0.15) is 13.2 Å². The molecule has 1 aliphatic rings. The van der Waals surface area contributed by atoms with Crippen LogP contribution in [0.5, 0.6) is 23.0 Å². The predicted molar refractivity (Wildman–Crippen MR) is 155 cm³/mol. The molecule has 41 heavy (non-hydrogen) atoms. The molecule has 2 amide bonds. The zero-order chi connectivity index (χ0) is 29.9. The van der Waals surface area contributed by atoms with Crippen molar-refractivity contribution in [2.45, 2.75) is 26.1 Å². The van der Waals surface area contributed by atoms with Crippen molar-refractivity contribution in [3.05, 3.63) is 69.9 Å². The molecule has 2 aromatic carbocycles. The number of nitrogens with one attached hydrogen (secondary N) is 3. The number of hydrogen-bond acceptors (Lipinski definition) is 10. The number of benzene rings is 2. The fourth-order valence-corrected chi connectivity index (χ4v) is 4.31. The Morgan fingerprint density at radius 2 is 1.93 bits per heavy atom. The van der Waals surface area contributed by atoms with Crippen molar-refractivity contribution in [1.29, 1.82) is 0 Å². The van der Waals surface area contributed by atoms with Crippen molar-refractivity contribution in [1.82, 2.24) is 16.1 Å². The monoisotopic (exact) mass is 632 g/mol. The Bertz CT molecular complexity index is 1330. The maximum atomic E-state index is 12.4. The van der Waals surface area contributed by atoms with Gasteiger partial charge in [-0.05, 0) is 59.6 Å². The second-order valence-electron chi connectivity index (χ2n) is 8.54. The Hall–Kier alpha value is -4.23. The largest absolute Gasteiger partial charge is 0.493 e. The molecule has 0 aromatic heterocycles. The van der Waals surface area contributed by atoms with Gasteiger partial charge < -0.3 is 39.4 Å². The van der Waals surface area contributed by atoms with Gasteiger partial charge in [0.15, 0.2) is 29.2 Å². The Morgan fingerprint density at radius 1 is 1.17 bits per heavy atom. The average molecular weight is 633 g/mol. The van der Waals surface area contributed by atoms with Crippen LogP contribution in [0.2, 0.25) is 0 Å². The molecule has 4 N–H and O–H groups in total. The predicted octanol–water partition coefficient (Wildman–Crippen LogP) is 3.54. The van der Waals surface area contributed by atoms with Crippen LogP contribution in [0.3, 0.4) is 0 Å². The lowest BCUT2D eigenvalue weighted by molar-refractivity contribution is -0.136. The van der Waals surface area contributed by atoms with Crippen LogP contribution < -0.4 is 35.0 Å². The number of allylic oxidation sites excluding steroid dienone is 1. The smallest absolute Gasteiger partial charge is 0.337 e. The molecule has 1 heterocycles. The van der Waals surface area contributed by atoms with E-state index in [1.807, 2.05) is 6.92 Å². The number of rotatable bonds is 14. The van der Waals surface area contributed by atoms with Gasteiger partial charge in [0.05, 0.1) is 38.7 Å². The SMILES string of the molecule is C=CCOc1cc(Br)c(/C=N\N[C@@H](O)COc2ccc([C@@H]3NC(=O)NC(C)=C3C(=O)OC)cc2OCC)cc1OC. The second kappa shape index (κ2) is 15.0. The summed E-state index contributed by atoms with van der Waals surface area (Å²) in [6, 6.07) is 7.27. The molecule has 0 radical (unpaired) electrons. The van der Waals surface area contributed by atoms with Gasteiger partial charge in [0.2, 0.25) is 0 Å². The van der Waals surface area contributed by atoms with Gasteiger partial charge in [0.25, 0.3) is 0 Å². The van der Waals surface area contributed by atoms with Gasteiger partial charge in [-0.15, -0.1) is 0 Å². The summed E-state index contributed by atoms with van der Waals surface area (Å²) >= 11 is 3.47. The van der Waals surface area contributed by atoms with Crippen molar-refractivity contribution in [2.24, 2.45) is 5.10 Å². The molecule has 0 bridgehead atoms. The summed E-state index contributed by atoms with van der Waals surface area (Å²) in [5, 5.41) is 19.8. The molecule has 0 unspecified atom stereocenters. The number of hydrazone groups is 1. The number of methoxy groups -OCH3 is 2. The van der Waals surface area contributed by atoms with E-state index < -0.39 is 24.3 Å². The zero-order valence-electron chi connectivity index (χ0n) is 23.2. The Balaban J connectivity index is 1.69. The first-order valence-electron chi connectivity index (χ1n) is 12.6. The van der Waals surface area contributed by atoms with Crippen LogP contribution in [0.15, 0.2) is 63.8 Å². The van der Waals surface area contributed by atoms with Crippen LogP contribution in [0, 0.1) is 0 Å². The van der Waals surface area contributed by atoms with Crippen LogP contribution in [0.25, 0.3) is 0 Å². The Labute approximate surface area is 246 Å². The summed E-state index contributed by atoms with van der Waals surface area (Å²) in [6.07, 6.45) is 1.99. The van der Waals surface area contributed by atoms with Crippen LogP contribution in [0.4, 0.5) is 4.79 Å². The molecule has 2 aromatic rings. The summed E-state index contributed by atoms with van der Waals surface area (Å²) in [7, 11) is 2.81. The van der Waals surface area contributed by atoms with Gasteiger partial charge in [-0.25, -0.2) is 9.59 Å². The number of urea groups is 1. The van der Waals surface area contributed by atoms with Crippen molar-refractivity contribution in [3.8, 4) is 23.0 Å². The summed E-state index contributed by atoms with van der Waals surface area (Å²) < 4.78 is 28.1. The van der Waals surface area contributed by atoms with Gasteiger partial charge >= 0.3 is 12.0 Å². The molecule has 0 aliphatic carbocycles. The molecule has 0 fully saturated rings. The van der Waals surface area contributed by atoms with Crippen LogP contribution in [-0.2, 0) is 9.53 Å². The van der Waals surface area contributed by atoms with E-state index in [0.717, 1.165) is 0 Å². The third-order valence-electron chi connectivity index (χ3n) is 5.74. The standard InChI is InChI=1S/C28H33BrN4O8/c1-6-10-40-23-13-19(29)18(12-21(23)37-4)14-30-33-24(34)15-41-20-9-8-17(11-22(20)39-7-2)26-25(27(35)38-5)16(3)31-28(36)32-26/h6,8-9,11-14,24,26,33-34H,1,7,10,15H2,2-5H3,(H2,31,32,36)/b30-14-/t24-,26-/m0/s1. The van der Waals surface area contributed by atoms with E-state index in [-0.39, 0.29) is 12.2 Å². The summed E-state index contributed by atoms with van der Waals surface area (Å²) in [6.45, 7) is 7.57. The van der Waals surface area contributed by atoms with Gasteiger partial charge in [-0.2, -0.15) is 5.10 Å². The van der Waals surface area contributed by atoms with Crippen LogP contribution in [0.1, 0.15) is 31.0 Å². The highest BCUT2D eigenvalue weighted by molar-refractivity contribution is 9.10. The van der Waals surface area contributed by atoms with Gasteiger partial charge in [0, 0.05) is 15.7 Å². The molecular weight excluding hydrogens is 600 g/mol. The first-order valence-corrected chi connectivity index (χ1v) is 13.4. The number of carbonyl (C=O) groups excluding carboxylic acids is 2. The van der Waals surface area contributed by atoms with E-state index in [4.69, 9.17) is 23.7 Å². The number of amides is 2. The van der Waals surface area contributed by atoms with Crippen LogP contribution >= 0.6 is 15.9 Å². The molecule has 0 saturated heterocycles. The fraction of sp³-hybridized carbons (Fsp3) is 0.321. The van der Waals surface area contributed by atoms with E-state index >= 15 is 0 Å². The summed E-state index contributed by atoms with van der Waals surface area (Å²) in [4.78, 5) is 24.5. The van der Waals surface area contributed by atoms with E-state index in [0.29, 0.717) is 57.5 Å². The van der Waals surface area contributed by atoms with Crippen molar-refractivity contribution < 1.29 is 38.4 Å². The third-order valence-corrected chi connectivity index (χ3v) is 6.43. The normalized spacial score (nSPS) is 15.5. The van der Waals surface area contributed by atoms with E-state index in [2.05, 4.69) is 43.7 Å². The molecule has 13 heteroatoms. The highest BCUT2D eigenvalue weighted by atomic mass is 79.9. The van der Waals surface area contributed by atoms with Crippen molar-refractivity contribution in [2.75, 3.05) is 34.0 Å². The lowest BCUT2D eigenvalue weighted by atomic mass is 9.95. The van der Waals surface area contributed by atoms with Crippen molar-refractivity contribution >= 4 is 34.1 Å². The first-order chi connectivity index (χ1) is 19.7. The Kier molecular flexibility index (Phi) is 11.4. The number of aliphatic hydroxyl groups excluding tert-OH is 1. The number of esters is 1. The van der Waals surface area contributed by atoms with Gasteiger partial charge in [-0.1, -0.05) is 18.7 Å². The van der Waals surface area contributed by atoms with E-state index in [1.165, 1.54) is 20.4 Å². The highest BCUT2D eigenvalue weighted by Crippen LogP contribution is 2.35. The summed E-state index contributed by atoms with van der Waals surface area (Å²) in [5.41, 5.74) is 4.53. The lowest BCUT2D eigenvalue weighted by Crippen LogP contribution is -2.45. The number of aliphatic hydroxyl groups is 1. The number of halogens is 1. The minimum atomic E-state index is -1.16. The minimum absolute atomic E-state index is 0.161. The number of nitrogens with zero attached hydrogens (tertiary/aromatic N) is 1. The molecule has 2 atom stereocenters. The van der Waals surface area contributed by atoms with Gasteiger partial charge in [-0.3, -0.25) is 5.43 Å². The number of carbonyl (C=O) groups is 2. The maximum Gasteiger partial charge on any atom is 0.337 e. The van der Waals surface area contributed by atoms with Crippen molar-refractivity contribution in [3.63, 3.8) is 0 Å². The molecule has 12 nitrogen and oxygen atoms in total. The zero-order valence-corrected chi connectivity index (χ0v) is 24.7. The highest BCUT2D eigenvalue weighted by Gasteiger charge is 2.32. The topological polar surface area (TPSA) is 149 Å². The molecule has 0 saturated carbocycles. The van der Waals surface area contributed by atoms with E-state index in [1.54, 1.807) is 43.3 Å². The molecule has 0 spiro atoms. The summed E-state index contributed by atoms with van der Waals surface area (Å²) in [5.74, 6) is 1.20. The molecule has 3 rings (SSSR count). The first kappa shape index (κ1) is 31.3. The van der Waals surface area contributed by atoms with E-state index in [9.17, 15) is 14.7 Å². The second-order valence-corrected chi connectivity index (χ2v) is 9.39. The van der Waals surface area contributed by atoms with Crippen LogP contribution in [-0.4, -0.2) is 63.6 Å². The molecule has 220 valence electrons. The fourth-order valence-electron chi connectivity index (χ4n) is 3.89.